The third kappa shape index (κ3) is 4.30. The fraction of sp³-hybridized carbons (Fsp3) is 0.333. The van der Waals surface area contributed by atoms with Crippen molar-refractivity contribution in [1.29, 1.82) is 0 Å². The first kappa shape index (κ1) is 15.5. The molecule has 0 amide bonds. The number of aryl methyl sites for hydroxylation is 1. The van der Waals surface area contributed by atoms with Crippen LogP contribution in [0.1, 0.15) is 37.5 Å². The first-order valence-corrected chi connectivity index (χ1v) is 7.36. The number of nitrogens with two attached hydrogens (primary N) is 1. The summed E-state index contributed by atoms with van der Waals surface area (Å²) in [6, 6.07) is 14.2. The van der Waals surface area contributed by atoms with Crippen LogP contribution in [0, 0.1) is 5.82 Å². The Morgan fingerprint density at radius 3 is 2.43 bits per heavy atom. The molecule has 0 aliphatic rings. The fourth-order valence-electron chi connectivity index (χ4n) is 2.33. The third-order valence-electron chi connectivity index (χ3n) is 3.38. The molecule has 0 saturated heterocycles. The van der Waals surface area contributed by atoms with Gasteiger partial charge in [-0.3, -0.25) is 0 Å². The van der Waals surface area contributed by atoms with Gasteiger partial charge >= 0.3 is 0 Å². The lowest BCUT2D eigenvalue weighted by Gasteiger charge is -2.23. The van der Waals surface area contributed by atoms with E-state index in [2.05, 4.69) is 19.1 Å². The van der Waals surface area contributed by atoms with Crippen molar-refractivity contribution in [3.05, 3.63) is 65.5 Å². The van der Waals surface area contributed by atoms with Crippen LogP contribution < -0.4 is 10.5 Å². The molecule has 0 heterocycles. The first-order valence-electron chi connectivity index (χ1n) is 7.36. The van der Waals surface area contributed by atoms with Crippen LogP contribution in [0.2, 0.25) is 0 Å². The van der Waals surface area contributed by atoms with Crippen LogP contribution in [-0.4, -0.2) is 6.04 Å². The maximum atomic E-state index is 13.4. The molecule has 0 aromatic heterocycles. The Balaban J connectivity index is 2.16. The largest absolute Gasteiger partial charge is 0.484 e. The Morgan fingerprint density at radius 1 is 1.14 bits per heavy atom. The molecule has 0 aliphatic carbocycles. The number of benzene rings is 2. The molecule has 0 radical (unpaired) electrons. The Kier molecular flexibility index (Phi) is 5.34. The Labute approximate surface area is 125 Å². The molecule has 21 heavy (non-hydrogen) atoms. The quantitative estimate of drug-likeness (QED) is 0.862. The number of ether oxygens (including phenoxy) is 1. The summed E-state index contributed by atoms with van der Waals surface area (Å²) in [5.41, 5.74) is 8.03. The van der Waals surface area contributed by atoms with E-state index < -0.39 is 0 Å². The molecule has 0 bridgehead atoms. The molecular formula is C18H22FNO. The Bertz CT molecular complexity index is 566. The lowest BCUT2D eigenvalue weighted by Crippen LogP contribution is -2.29. The zero-order chi connectivity index (χ0) is 15.2. The zero-order valence-electron chi connectivity index (χ0n) is 12.6. The highest BCUT2D eigenvalue weighted by Crippen LogP contribution is 2.25. The van der Waals surface area contributed by atoms with Gasteiger partial charge in [-0.1, -0.05) is 37.6 Å². The van der Waals surface area contributed by atoms with E-state index in [1.165, 1.54) is 17.7 Å². The minimum absolute atomic E-state index is 0.234. The van der Waals surface area contributed by atoms with Crippen molar-refractivity contribution >= 4 is 0 Å². The average Bonchev–Trinajstić information content (AvgIpc) is 2.46. The molecule has 2 unspecified atom stereocenters. The summed E-state index contributed by atoms with van der Waals surface area (Å²) in [6.45, 7) is 4.02. The average molecular weight is 287 g/mol. The molecule has 2 aromatic carbocycles. The second-order valence-corrected chi connectivity index (χ2v) is 5.35. The van der Waals surface area contributed by atoms with Gasteiger partial charge in [0.15, 0.2) is 0 Å². The molecule has 0 aliphatic heterocycles. The summed E-state index contributed by atoms with van der Waals surface area (Å²) >= 11 is 0. The Hall–Kier alpha value is -1.87. The summed E-state index contributed by atoms with van der Waals surface area (Å²) in [5, 5.41) is 0. The van der Waals surface area contributed by atoms with Crippen molar-refractivity contribution < 1.29 is 9.13 Å². The van der Waals surface area contributed by atoms with Gasteiger partial charge in [0.1, 0.15) is 17.7 Å². The van der Waals surface area contributed by atoms with Crippen LogP contribution in [-0.2, 0) is 6.42 Å². The van der Waals surface area contributed by atoms with E-state index in [0.29, 0.717) is 0 Å². The van der Waals surface area contributed by atoms with Crippen LogP contribution in [0.4, 0.5) is 4.39 Å². The van der Waals surface area contributed by atoms with Gasteiger partial charge in [0.05, 0.1) is 0 Å². The van der Waals surface area contributed by atoms with Crippen LogP contribution in [0.25, 0.3) is 0 Å². The number of rotatable bonds is 6. The summed E-state index contributed by atoms with van der Waals surface area (Å²) in [6.07, 6.45) is 1.81. The van der Waals surface area contributed by atoms with E-state index in [-0.39, 0.29) is 18.0 Å². The lowest BCUT2D eigenvalue weighted by atomic mass is 10.0. The summed E-state index contributed by atoms with van der Waals surface area (Å²) < 4.78 is 19.3. The molecule has 0 saturated carbocycles. The topological polar surface area (TPSA) is 35.2 Å². The monoisotopic (exact) mass is 287 g/mol. The SMILES string of the molecule is CCCc1ccc(OC(c2cccc(F)c2)C(C)N)cc1. The van der Waals surface area contributed by atoms with Gasteiger partial charge in [0.25, 0.3) is 0 Å². The fourth-order valence-corrected chi connectivity index (χ4v) is 2.33. The van der Waals surface area contributed by atoms with Crippen molar-refractivity contribution in [2.24, 2.45) is 5.73 Å². The van der Waals surface area contributed by atoms with Gasteiger partial charge in [-0.25, -0.2) is 4.39 Å². The van der Waals surface area contributed by atoms with Crippen LogP contribution >= 0.6 is 0 Å². The second kappa shape index (κ2) is 7.23. The van der Waals surface area contributed by atoms with E-state index in [0.717, 1.165) is 24.2 Å². The van der Waals surface area contributed by atoms with Gasteiger partial charge in [0.2, 0.25) is 0 Å². The zero-order valence-corrected chi connectivity index (χ0v) is 12.6. The Morgan fingerprint density at radius 2 is 1.86 bits per heavy atom. The molecule has 0 spiro atoms. The van der Waals surface area contributed by atoms with Gasteiger partial charge < -0.3 is 10.5 Å². The molecule has 2 aromatic rings. The van der Waals surface area contributed by atoms with Crippen LogP contribution in [0.5, 0.6) is 5.75 Å². The van der Waals surface area contributed by atoms with E-state index in [1.807, 2.05) is 25.1 Å². The number of hydrogen-bond donors (Lipinski definition) is 1. The van der Waals surface area contributed by atoms with Crippen molar-refractivity contribution in [2.75, 3.05) is 0 Å². The lowest BCUT2D eigenvalue weighted by molar-refractivity contribution is 0.180. The minimum Gasteiger partial charge on any atom is -0.484 e. The van der Waals surface area contributed by atoms with E-state index in [4.69, 9.17) is 10.5 Å². The number of halogens is 1. The van der Waals surface area contributed by atoms with E-state index >= 15 is 0 Å². The van der Waals surface area contributed by atoms with Crippen molar-refractivity contribution in [3.63, 3.8) is 0 Å². The van der Waals surface area contributed by atoms with Crippen LogP contribution in [0.3, 0.4) is 0 Å². The molecular weight excluding hydrogens is 265 g/mol. The summed E-state index contributed by atoms with van der Waals surface area (Å²) in [4.78, 5) is 0. The molecule has 2 N–H and O–H groups in total. The highest BCUT2D eigenvalue weighted by atomic mass is 19.1. The van der Waals surface area contributed by atoms with Crippen LogP contribution in [0.15, 0.2) is 48.5 Å². The standard InChI is InChI=1S/C18H22FNO/c1-3-5-14-8-10-17(11-9-14)21-18(13(2)20)15-6-4-7-16(19)12-15/h4,6-13,18H,3,5,20H2,1-2H3. The van der Waals surface area contributed by atoms with Gasteiger partial charge in [0, 0.05) is 6.04 Å². The molecule has 0 fully saturated rings. The third-order valence-corrected chi connectivity index (χ3v) is 3.38. The molecule has 2 nitrogen and oxygen atoms in total. The first-order chi connectivity index (χ1) is 10.1. The van der Waals surface area contributed by atoms with E-state index in [1.54, 1.807) is 6.07 Å². The second-order valence-electron chi connectivity index (χ2n) is 5.35. The molecule has 2 rings (SSSR count). The van der Waals surface area contributed by atoms with E-state index in [9.17, 15) is 4.39 Å². The van der Waals surface area contributed by atoms with Gasteiger partial charge in [-0.2, -0.15) is 0 Å². The molecule has 112 valence electrons. The normalized spacial score (nSPS) is 13.7. The van der Waals surface area contributed by atoms with Gasteiger partial charge in [-0.05, 0) is 48.7 Å². The summed E-state index contributed by atoms with van der Waals surface area (Å²) in [7, 11) is 0. The summed E-state index contributed by atoms with van der Waals surface area (Å²) in [5.74, 6) is 0.474. The van der Waals surface area contributed by atoms with Gasteiger partial charge in [-0.15, -0.1) is 0 Å². The number of hydrogen-bond acceptors (Lipinski definition) is 2. The van der Waals surface area contributed by atoms with Crippen molar-refractivity contribution in [1.82, 2.24) is 0 Å². The van der Waals surface area contributed by atoms with Crippen molar-refractivity contribution in [2.45, 2.75) is 38.8 Å². The maximum absolute atomic E-state index is 13.4. The minimum atomic E-state index is -0.363. The highest BCUT2D eigenvalue weighted by molar-refractivity contribution is 5.29. The molecule has 2 atom stereocenters. The smallest absolute Gasteiger partial charge is 0.139 e. The van der Waals surface area contributed by atoms with Crippen molar-refractivity contribution in [3.8, 4) is 5.75 Å². The maximum Gasteiger partial charge on any atom is 0.139 e. The molecule has 3 heteroatoms. The predicted molar refractivity (Wildman–Crippen MR) is 83.9 cm³/mol. The predicted octanol–water partition coefficient (Wildman–Crippen LogP) is 4.25. The highest BCUT2D eigenvalue weighted by Gasteiger charge is 2.18.